The maximum absolute atomic E-state index is 11.7. The third-order valence-corrected chi connectivity index (χ3v) is 3.19. The zero-order valence-electron chi connectivity index (χ0n) is 11.3. The number of benzene rings is 1. The molecule has 0 fully saturated rings. The van der Waals surface area contributed by atoms with Gasteiger partial charge in [0.15, 0.2) is 0 Å². The molecule has 1 heterocycles. The minimum Gasteiger partial charge on any atom is -0.322 e. The van der Waals surface area contributed by atoms with Crippen LogP contribution in [-0.2, 0) is 13.0 Å². The smallest absolute Gasteiger partial charge is 0.266 e. The summed E-state index contributed by atoms with van der Waals surface area (Å²) in [5.74, 6) is 0. The first kappa shape index (κ1) is 13.5. The van der Waals surface area contributed by atoms with Crippen LogP contribution in [0.4, 0.5) is 0 Å². The van der Waals surface area contributed by atoms with Crippen LogP contribution < -0.4 is 11.3 Å². The topological polar surface area (TPSA) is 60.9 Å². The summed E-state index contributed by atoms with van der Waals surface area (Å²) in [6.45, 7) is 4.37. The van der Waals surface area contributed by atoms with E-state index in [9.17, 15) is 4.79 Å². The van der Waals surface area contributed by atoms with Crippen molar-refractivity contribution in [3.05, 3.63) is 63.6 Å². The van der Waals surface area contributed by atoms with Crippen LogP contribution in [0.2, 0.25) is 0 Å². The fraction of sp³-hybridized carbons (Fsp3) is 0.333. The van der Waals surface area contributed by atoms with Gasteiger partial charge >= 0.3 is 0 Å². The maximum atomic E-state index is 11.7. The molecule has 100 valence electrons. The van der Waals surface area contributed by atoms with E-state index in [4.69, 9.17) is 5.73 Å². The highest BCUT2D eigenvalue weighted by molar-refractivity contribution is 5.24. The molecule has 1 unspecified atom stereocenters. The lowest BCUT2D eigenvalue weighted by Crippen LogP contribution is -2.28. The van der Waals surface area contributed by atoms with E-state index in [2.05, 4.69) is 24.2 Å². The fourth-order valence-corrected chi connectivity index (χ4v) is 1.97. The molecule has 0 aliphatic rings. The van der Waals surface area contributed by atoms with Crippen LogP contribution in [0.25, 0.3) is 0 Å². The van der Waals surface area contributed by atoms with Gasteiger partial charge in [0.1, 0.15) is 0 Å². The Morgan fingerprint density at radius 1 is 1.21 bits per heavy atom. The molecule has 0 spiro atoms. The molecule has 2 rings (SSSR count). The minimum atomic E-state index is -0.224. The molecule has 1 atom stereocenters. The van der Waals surface area contributed by atoms with E-state index in [0.29, 0.717) is 6.54 Å². The van der Waals surface area contributed by atoms with E-state index in [1.54, 1.807) is 6.07 Å². The fourth-order valence-electron chi connectivity index (χ4n) is 1.97. The van der Waals surface area contributed by atoms with Crippen LogP contribution in [0.3, 0.4) is 0 Å². The van der Waals surface area contributed by atoms with Crippen LogP contribution in [0.5, 0.6) is 0 Å². The molecule has 0 saturated carbocycles. The van der Waals surface area contributed by atoms with Gasteiger partial charge in [-0.05, 0) is 30.5 Å². The van der Waals surface area contributed by atoms with Gasteiger partial charge < -0.3 is 5.73 Å². The molecule has 0 aliphatic heterocycles. The van der Waals surface area contributed by atoms with Crippen LogP contribution in [0.1, 0.15) is 29.8 Å². The van der Waals surface area contributed by atoms with E-state index in [-0.39, 0.29) is 11.6 Å². The first-order chi connectivity index (χ1) is 9.10. The van der Waals surface area contributed by atoms with E-state index in [1.165, 1.54) is 16.3 Å². The average molecular weight is 257 g/mol. The number of hydrogen-bond donors (Lipinski definition) is 1. The molecule has 4 nitrogen and oxygen atoms in total. The van der Waals surface area contributed by atoms with Crippen LogP contribution in [-0.4, -0.2) is 9.78 Å². The van der Waals surface area contributed by atoms with E-state index < -0.39 is 0 Å². The highest BCUT2D eigenvalue weighted by atomic mass is 16.1. The molecule has 0 amide bonds. The van der Waals surface area contributed by atoms with Gasteiger partial charge in [0.05, 0.1) is 12.2 Å². The highest BCUT2D eigenvalue weighted by Crippen LogP contribution is 2.13. The highest BCUT2D eigenvalue weighted by Gasteiger charge is 2.08. The number of aryl methyl sites for hydroxylation is 2. The largest absolute Gasteiger partial charge is 0.322 e. The zero-order valence-corrected chi connectivity index (χ0v) is 11.3. The molecule has 0 aliphatic carbocycles. The number of aromatic nitrogens is 2. The van der Waals surface area contributed by atoms with Crippen molar-refractivity contribution in [3.8, 4) is 0 Å². The predicted octanol–water partition coefficient (Wildman–Crippen LogP) is 1.81. The van der Waals surface area contributed by atoms with Crippen molar-refractivity contribution in [2.24, 2.45) is 5.73 Å². The molecule has 0 radical (unpaired) electrons. The van der Waals surface area contributed by atoms with Crippen molar-refractivity contribution in [1.82, 2.24) is 9.78 Å². The van der Waals surface area contributed by atoms with Gasteiger partial charge in [-0.1, -0.05) is 31.2 Å². The van der Waals surface area contributed by atoms with Crippen molar-refractivity contribution in [1.29, 1.82) is 0 Å². The summed E-state index contributed by atoms with van der Waals surface area (Å²) in [7, 11) is 0. The summed E-state index contributed by atoms with van der Waals surface area (Å²) < 4.78 is 1.42. The Bertz CT molecular complexity index is 602. The standard InChI is InChI=1S/C15H19N3O/c1-3-12-5-7-13(8-6-12)14(16)10-18-15(19)9-4-11(2)17-18/h4-9,14H,3,10,16H2,1-2H3. The van der Waals surface area contributed by atoms with Crippen molar-refractivity contribution < 1.29 is 0 Å². The van der Waals surface area contributed by atoms with E-state index in [1.807, 2.05) is 19.1 Å². The van der Waals surface area contributed by atoms with Crippen LogP contribution >= 0.6 is 0 Å². The Kier molecular flexibility index (Phi) is 4.12. The second kappa shape index (κ2) is 5.80. The Balaban J connectivity index is 2.17. The molecule has 4 heteroatoms. The van der Waals surface area contributed by atoms with Gasteiger partial charge in [-0.25, -0.2) is 4.68 Å². The summed E-state index contributed by atoms with van der Waals surface area (Å²) in [5.41, 5.74) is 9.13. The normalized spacial score (nSPS) is 12.4. The number of hydrogen-bond acceptors (Lipinski definition) is 3. The summed E-state index contributed by atoms with van der Waals surface area (Å²) in [6, 6.07) is 11.2. The summed E-state index contributed by atoms with van der Waals surface area (Å²) >= 11 is 0. The van der Waals surface area contributed by atoms with Crippen LogP contribution in [0, 0.1) is 6.92 Å². The molecule has 19 heavy (non-hydrogen) atoms. The first-order valence-electron chi connectivity index (χ1n) is 6.49. The third-order valence-electron chi connectivity index (χ3n) is 3.19. The summed E-state index contributed by atoms with van der Waals surface area (Å²) in [4.78, 5) is 11.7. The number of nitrogens with two attached hydrogens (primary N) is 1. The first-order valence-corrected chi connectivity index (χ1v) is 6.49. The summed E-state index contributed by atoms with van der Waals surface area (Å²) in [5, 5.41) is 4.20. The maximum Gasteiger partial charge on any atom is 0.266 e. The van der Waals surface area contributed by atoms with Crippen LogP contribution in [0.15, 0.2) is 41.2 Å². The minimum absolute atomic E-state index is 0.119. The average Bonchev–Trinajstić information content (AvgIpc) is 2.43. The predicted molar refractivity (Wildman–Crippen MR) is 76.0 cm³/mol. The van der Waals surface area contributed by atoms with Crippen molar-refractivity contribution >= 4 is 0 Å². The Hall–Kier alpha value is -1.94. The number of rotatable bonds is 4. The molecular formula is C15H19N3O. The lowest BCUT2D eigenvalue weighted by atomic mass is 10.0. The molecule has 2 N–H and O–H groups in total. The third kappa shape index (κ3) is 3.29. The monoisotopic (exact) mass is 257 g/mol. The SMILES string of the molecule is CCc1ccc(C(N)Cn2nc(C)ccc2=O)cc1. The van der Waals surface area contributed by atoms with Gasteiger partial charge in [-0.3, -0.25) is 4.79 Å². The molecule has 0 bridgehead atoms. The zero-order chi connectivity index (χ0) is 13.8. The molecule has 0 saturated heterocycles. The van der Waals surface area contributed by atoms with Gasteiger partial charge in [-0.2, -0.15) is 5.10 Å². The quantitative estimate of drug-likeness (QED) is 0.908. The molecule has 2 aromatic rings. The lowest BCUT2D eigenvalue weighted by molar-refractivity contribution is 0.499. The lowest BCUT2D eigenvalue weighted by Gasteiger charge is -2.13. The second-order valence-corrected chi connectivity index (χ2v) is 4.70. The molecule has 1 aromatic heterocycles. The second-order valence-electron chi connectivity index (χ2n) is 4.70. The molecule has 1 aromatic carbocycles. The van der Waals surface area contributed by atoms with Crippen molar-refractivity contribution in [2.75, 3.05) is 0 Å². The Morgan fingerprint density at radius 2 is 1.89 bits per heavy atom. The van der Waals surface area contributed by atoms with E-state index in [0.717, 1.165) is 17.7 Å². The Morgan fingerprint density at radius 3 is 2.53 bits per heavy atom. The Labute approximate surface area is 112 Å². The molecular weight excluding hydrogens is 238 g/mol. The van der Waals surface area contributed by atoms with Gasteiger partial charge in [0, 0.05) is 12.1 Å². The van der Waals surface area contributed by atoms with Gasteiger partial charge in [0.25, 0.3) is 5.56 Å². The van der Waals surface area contributed by atoms with Gasteiger partial charge in [-0.15, -0.1) is 0 Å². The van der Waals surface area contributed by atoms with Gasteiger partial charge in [0.2, 0.25) is 0 Å². The van der Waals surface area contributed by atoms with Crippen molar-refractivity contribution in [2.45, 2.75) is 32.9 Å². The number of nitrogens with zero attached hydrogens (tertiary/aromatic N) is 2. The van der Waals surface area contributed by atoms with Crippen molar-refractivity contribution in [3.63, 3.8) is 0 Å². The van der Waals surface area contributed by atoms with E-state index >= 15 is 0 Å². The summed E-state index contributed by atoms with van der Waals surface area (Å²) in [6.07, 6.45) is 1.01.